The highest BCUT2D eigenvalue weighted by Gasteiger charge is 2.36. The van der Waals surface area contributed by atoms with Crippen LogP contribution in [-0.2, 0) is 14.9 Å². The van der Waals surface area contributed by atoms with E-state index in [1.807, 2.05) is 0 Å². The third-order valence-corrected chi connectivity index (χ3v) is 6.20. The molecule has 1 saturated carbocycles. The molecule has 1 heterocycles. The van der Waals surface area contributed by atoms with E-state index in [1.54, 1.807) is 0 Å². The SMILES string of the molecule is Cc1ccccc1C1(CNC(=O)C(N)C2CCOCC2)CCCCC1. The van der Waals surface area contributed by atoms with Crippen LogP contribution in [0.3, 0.4) is 0 Å². The molecule has 4 nitrogen and oxygen atoms in total. The first-order valence-corrected chi connectivity index (χ1v) is 9.79. The highest BCUT2D eigenvalue weighted by molar-refractivity contribution is 5.82. The van der Waals surface area contributed by atoms with Crippen molar-refractivity contribution < 1.29 is 9.53 Å². The normalized spacial score (nSPS) is 22.3. The molecule has 4 heteroatoms. The Labute approximate surface area is 151 Å². The van der Waals surface area contributed by atoms with Gasteiger partial charge in [0.1, 0.15) is 0 Å². The quantitative estimate of drug-likeness (QED) is 0.863. The average Bonchev–Trinajstić information content (AvgIpc) is 2.67. The van der Waals surface area contributed by atoms with Gasteiger partial charge < -0.3 is 15.8 Å². The maximum absolute atomic E-state index is 12.7. The fraction of sp³-hybridized carbons (Fsp3) is 0.667. The summed E-state index contributed by atoms with van der Waals surface area (Å²) in [4.78, 5) is 12.7. The van der Waals surface area contributed by atoms with Gasteiger partial charge in [0.15, 0.2) is 0 Å². The van der Waals surface area contributed by atoms with E-state index in [2.05, 4.69) is 36.5 Å². The number of carbonyl (C=O) groups is 1. The van der Waals surface area contributed by atoms with Crippen molar-refractivity contribution in [2.45, 2.75) is 63.3 Å². The van der Waals surface area contributed by atoms with E-state index in [-0.39, 0.29) is 17.2 Å². The van der Waals surface area contributed by atoms with Gasteiger partial charge in [0.25, 0.3) is 0 Å². The zero-order valence-electron chi connectivity index (χ0n) is 15.4. The van der Waals surface area contributed by atoms with Crippen molar-refractivity contribution >= 4 is 5.91 Å². The number of benzene rings is 1. The highest BCUT2D eigenvalue weighted by atomic mass is 16.5. The van der Waals surface area contributed by atoms with Gasteiger partial charge in [-0.1, -0.05) is 43.5 Å². The van der Waals surface area contributed by atoms with Crippen LogP contribution in [0.4, 0.5) is 0 Å². The van der Waals surface area contributed by atoms with Crippen LogP contribution in [0.25, 0.3) is 0 Å². The van der Waals surface area contributed by atoms with Crippen LogP contribution in [0.1, 0.15) is 56.1 Å². The van der Waals surface area contributed by atoms with E-state index in [1.165, 1.54) is 30.4 Å². The maximum Gasteiger partial charge on any atom is 0.237 e. The minimum absolute atomic E-state index is 0.00503. The van der Waals surface area contributed by atoms with E-state index < -0.39 is 6.04 Å². The summed E-state index contributed by atoms with van der Waals surface area (Å²) in [5, 5.41) is 3.21. The van der Waals surface area contributed by atoms with Crippen LogP contribution in [-0.4, -0.2) is 31.7 Å². The molecule has 1 atom stereocenters. The first kappa shape index (κ1) is 18.4. The average molecular weight is 344 g/mol. The number of amides is 1. The Morgan fingerprint density at radius 2 is 1.92 bits per heavy atom. The summed E-state index contributed by atoms with van der Waals surface area (Å²) in [6.45, 7) is 4.33. The molecule has 1 aromatic carbocycles. The van der Waals surface area contributed by atoms with Crippen molar-refractivity contribution in [1.29, 1.82) is 0 Å². The van der Waals surface area contributed by atoms with Gasteiger partial charge in [0, 0.05) is 25.2 Å². The molecule has 1 aliphatic carbocycles. The zero-order chi connectivity index (χ0) is 17.7. The number of carbonyl (C=O) groups excluding carboxylic acids is 1. The first-order chi connectivity index (χ1) is 12.1. The molecule has 1 aromatic rings. The number of ether oxygens (including phenoxy) is 1. The third-order valence-electron chi connectivity index (χ3n) is 6.20. The molecule has 1 amide bonds. The topological polar surface area (TPSA) is 64.4 Å². The number of hydrogen-bond donors (Lipinski definition) is 2. The first-order valence-electron chi connectivity index (χ1n) is 9.79. The van der Waals surface area contributed by atoms with E-state index in [0.29, 0.717) is 6.54 Å². The van der Waals surface area contributed by atoms with Gasteiger partial charge in [0.05, 0.1) is 6.04 Å². The molecular formula is C21H32N2O2. The molecule has 1 aliphatic heterocycles. The van der Waals surface area contributed by atoms with Crippen LogP contribution >= 0.6 is 0 Å². The lowest BCUT2D eigenvalue weighted by atomic mass is 9.68. The fourth-order valence-electron chi connectivity index (χ4n) is 4.60. The maximum atomic E-state index is 12.7. The van der Waals surface area contributed by atoms with Crippen molar-refractivity contribution in [3.8, 4) is 0 Å². The molecule has 0 spiro atoms. The van der Waals surface area contributed by atoms with Crippen LogP contribution < -0.4 is 11.1 Å². The van der Waals surface area contributed by atoms with Gasteiger partial charge in [-0.3, -0.25) is 4.79 Å². The van der Waals surface area contributed by atoms with Crippen molar-refractivity contribution in [2.24, 2.45) is 11.7 Å². The van der Waals surface area contributed by atoms with Crippen LogP contribution in [0.2, 0.25) is 0 Å². The standard InChI is InChI=1S/C21H32N2O2/c1-16-7-3-4-8-18(16)21(11-5-2-6-12-21)15-23-20(24)19(22)17-9-13-25-14-10-17/h3-4,7-8,17,19H,2,5-6,9-15,22H2,1H3,(H,23,24). The number of aryl methyl sites for hydroxylation is 1. The molecule has 0 bridgehead atoms. The molecule has 25 heavy (non-hydrogen) atoms. The lowest BCUT2D eigenvalue weighted by Crippen LogP contribution is -2.51. The molecule has 2 fully saturated rings. The Hall–Kier alpha value is -1.39. The van der Waals surface area contributed by atoms with Crippen molar-refractivity contribution in [1.82, 2.24) is 5.32 Å². The molecule has 3 N–H and O–H groups in total. The Bertz CT molecular complexity index is 575. The minimum atomic E-state index is -0.415. The van der Waals surface area contributed by atoms with E-state index in [4.69, 9.17) is 10.5 Å². The Morgan fingerprint density at radius 1 is 1.24 bits per heavy atom. The predicted octanol–water partition coefficient (Wildman–Crippen LogP) is 3.07. The summed E-state index contributed by atoms with van der Waals surface area (Å²) >= 11 is 0. The van der Waals surface area contributed by atoms with Gasteiger partial charge in [-0.2, -0.15) is 0 Å². The lowest BCUT2D eigenvalue weighted by molar-refractivity contribution is -0.124. The zero-order valence-corrected chi connectivity index (χ0v) is 15.4. The Morgan fingerprint density at radius 3 is 2.60 bits per heavy atom. The summed E-state index contributed by atoms with van der Waals surface area (Å²) in [7, 11) is 0. The van der Waals surface area contributed by atoms with Gasteiger partial charge >= 0.3 is 0 Å². The smallest absolute Gasteiger partial charge is 0.237 e. The van der Waals surface area contributed by atoms with Crippen LogP contribution in [0.5, 0.6) is 0 Å². The summed E-state index contributed by atoms with van der Waals surface area (Å²) in [5.41, 5.74) is 9.04. The van der Waals surface area contributed by atoms with Crippen molar-refractivity contribution in [3.05, 3.63) is 35.4 Å². The number of rotatable bonds is 5. The van der Waals surface area contributed by atoms with Gasteiger partial charge in [-0.15, -0.1) is 0 Å². The summed E-state index contributed by atoms with van der Waals surface area (Å²) in [6, 6.07) is 8.22. The molecule has 2 aliphatic rings. The summed E-state index contributed by atoms with van der Waals surface area (Å²) in [6.07, 6.45) is 7.82. The fourth-order valence-corrected chi connectivity index (χ4v) is 4.60. The second-order valence-electron chi connectivity index (χ2n) is 7.85. The van der Waals surface area contributed by atoms with Crippen molar-refractivity contribution in [3.63, 3.8) is 0 Å². The molecule has 0 aromatic heterocycles. The molecule has 1 unspecified atom stereocenters. The van der Waals surface area contributed by atoms with Gasteiger partial charge in [-0.25, -0.2) is 0 Å². The second-order valence-corrected chi connectivity index (χ2v) is 7.85. The third kappa shape index (κ3) is 4.24. The largest absolute Gasteiger partial charge is 0.381 e. The number of nitrogens with one attached hydrogen (secondary N) is 1. The number of hydrogen-bond acceptors (Lipinski definition) is 3. The Balaban J connectivity index is 1.69. The van der Waals surface area contributed by atoms with Crippen molar-refractivity contribution in [2.75, 3.05) is 19.8 Å². The van der Waals surface area contributed by atoms with E-state index >= 15 is 0 Å². The van der Waals surface area contributed by atoms with Gasteiger partial charge in [0.2, 0.25) is 5.91 Å². The van der Waals surface area contributed by atoms with Crippen LogP contribution in [0.15, 0.2) is 24.3 Å². The molecule has 138 valence electrons. The Kier molecular flexibility index (Phi) is 6.13. The highest BCUT2D eigenvalue weighted by Crippen LogP contribution is 2.40. The molecular weight excluding hydrogens is 312 g/mol. The van der Waals surface area contributed by atoms with Crippen LogP contribution in [0, 0.1) is 12.8 Å². The molecule has 0 radical (unpaired) electrons. The lowest BCUT2D eigenvalue weighted by Gasteiger charge is -2.39. The number of nitrogens with two attached hydrogens (primary N) is 1. The predicted molar refractivity (Wildman–Crippen MR) is 100 cm³/mol. The monoisotopic (exact) mass is 344 g/mol. The minimum Gasteiger partial charge on any atom is -0.381 e. The van der Waals surface area contributed by atoms with E-state index in [9.17, 15) is 4.79 Å². The van der Waals surface area contributed by atoms with Gasteiger partial charge in [-0.05, 0) is 49.7 Å². The molecule has 3 rings (SSSR count). The molecule has 1 saturated heterocycles. The summed E-state index contributed by atoms with van der Waals surface area (Å²) < 4.78 is 5.38. The summed E-state index contributed by atoms with van der Waals surface area (Å²) in [5.74, 6) is 0.250. The van der Waals surface area contributed by atoms with E-state index in [0.717, 1.165) is 38.9 Å². The second kappa shape index (κ2) is 8.33.